The molecule has 0 aliphatic carbocycles. The lowest BCUT2D eigenvalue weighted by molar-refractivity contribution is 0.414. The Morgan fingerprint density at radius 3 is 2.90 bits per heavy atom. The summed E-state index contributed by atoms with van der Waals surface area (Å²) in [5.74, 6) is 0.564. The lowest BCUT2D eigenvalue weighted by Crippen LogP contribution is -2.21. The third-order valence-electron chi connectivity index (χ3n) is 3.22. The molecule has 106 valence electrons. The van der Waals surface area contributed by atoms with Crippen LogP contribution in [0.5, 0.6) is 5.75 Å². The SMILES string of the molecule is COc1cccc(CCNC(C)c2cncc(F)c2)c1. The van der Waals surface area contributed by atoms with Crippen LogP contribution in [0.3, 0.4) is 0 Å². The molecule has 0 spiro atoms. The van der Waals surface area contributed by atoms with Crippen molar-refractivity contribution < 1.29 is 9.13 Å². The van der Waals surface area contributed by atoms with Gasteiger partial charge < -0.3 is 10.1 Å². The van der Waals surface area contributed by atoms with E-state index in [0.717, 1.165) is 24.3 Å². The van der Waals surface area contributed by atoms with Gasteiger partial charge in [-0.05, 0) is 49.2 Å². The molecule has 0 bridgehead atoms. The van der Waals surface area contributed by atoms with E-state index in [0.29, 0.717) is 0 Å². The van der Waals surface area contributed by atoms with Crippen LogP contribution >= 0.6 is 0 Å². The number of aromatic nitrogens is 1. The average Bonchev–Trinajstić information content (AvgIpc) is 2.47. The molecule has 1 aromatic heterocycles. The van der Waals surface area contributed by atoms with Gasteiger partial charge in [0.05, 0.1) is 13.3 Å². The number of nitrogens with zero attached hydrogens (tertiary/aromatic N) is 1. The Kier molecular flexibility index (Phi) is 5.07. The lowest BCUT2D eigenvalue weighted by atomic mass is 10.1. The molecule has 2 rings (SSSR count). The van der Waals surface area contributed by atoms with E-state index in [1.54, 1.807) is 13.3 Å². The zero-order chi connectivity index (χ0) is 14.4. The van der Waals surface area contributed by atoms with E-state index < -0.39 is 0 Å². The van der Waals surface area contributed by atoms with E-state index in [-0.39, 0.29) is 11.9 Å². The number of rotatable bonds is 6. The summed E-state index contributed by atoms with van der Waals surface area (Å²) in [5.41, 5.74) is 2.07. The van der Waals surface area contributed by atoms with Crippen molar-refractivity contribution in [3.8, 4) is 5.75 Å². The van der Waals surface area contributed by atoms with Crippen molar-refractivity contribution in [2.75, 3.05) is 13.7 Å². The van der Waals surface area contributed by atoms with Crippen LogP contribution in [0.1, 0.15) is 24.1 Å². The molecular weight excluding hydrogens is 255 g/mol. The first-order valence-electron chi connectivity index (χ1n) is 6.66. The number of pyridine rings is 1. The number of halogens is 1. The number of benzene rings is 1. The maximum Gasteiger partial charge on any atom is 0.141 e. The van der Waals surface area contributed by atoms with E-state index in [1.165, 1.54) is 17.8 Å². The van der Waals surface area contributed by atoms with Gasteiger partial charge in [-0.15, -0.1) is 0 Å². The highest BCUT2D eigenvalue weighted by molar-refractivity contribution is 5.28. The fourth-order valence-corrected chi connectivity index (χ4v) is 2.04. The Bertz CT molecular complexity index is 560. The summed E-state index contributed by atoms with van der Waals surface area (Å²) >= 11 is 0. The maximum atomic E-state index is 13.1. The van der Waals surface area contributed by atoms with Crippen LogP contribution in [0.25, 0.3) is 0 Å². The summed E-state index contributed by atoms with van der Waals surface area (Å²) in [6.07, 6.45) is 3.79. The molecule has 20 heavy (non-hydrogen) atoms. The van der Waals surface area contributed by atoms with E-state index >= 15 is 0 Å². The molecule has 0 amide bonds. The van der Waals surface area contributed by atoms with Gasteiger partial charge in [0.25, 0.3) is 0 Å². The van der Waals surface area contributed by atoms with Gasteiger partial charge >= 0.3 is 0 Å². The van der Waals surface area contributed by atoms with E-state index in [1.807, 2.05) is 25.1 Å². The van der Waals surface area contributed by atoms with Gasteiger partial charge in [-0.2, -0.15) is 0 Å². The standard InChI is InChI=1S/C16H19FN2O/c1-12(14-9-15(17)11-18-10-14)19-7-6-13-4-3-5-16(8-13)20-2/h3-5,8-12,19H,6-7H2,1-2H3. The second kappa shape index (κ2) is 7.01. The molecule has 3 nitrogen and oxygen atoms in total. The van der Waals surface area contributed by atoms with Crippen molar-refractivity contribution >= 4 is 0 Å². The Balaban J connectivity index is 1.86. The van der Waals surface area contributed by atoms with Gasteiger partial charge in [0.2, 0.25) is 0 Å². The minimum Gasteiger partial charge on any atom is -0.497 e. The van der Waals surface area contributed by atoms with Gasteiger partial charge in [0.1, 0.15) is 11.6 Å². The predicted molar refractivity (Wildman–Crippen MR) is 77.3 cm³/mol. The van der Waals surface area contributed by atoms with Crippen molar-refractivity contribution in [2.45, 2.75) is 19.4 Å². The predicted octanol–water partition coefficient (Wildman–Crippen LogP) is 3.12. The molecule has 1 aromatic carbocycles. The van der Waals surface area contributed by atoms with Gasteiger partial charge in [-0.1, -0.05) is 12.1 Å². The first-order valence-corrected chi connectivity index (χ1v) is 6.66. The van der Waals surface area contributed by atoms with E-state index in [4.69, 9.17) is 4.74 Å². The van der Waals surface area contributed by atoms with Crippen molar-refractivity contribution in [1.82, 2.24) is 10.3 Å². The highest BCUT2D eigenvalue weighted by Crippen LogP contribution is 2.14. The van der Waals surface area contributed by atoms with Gasteiger partial charge in [-0.25, -0.2) is 4.39 Å². The van der Waals surface area contributed by atoms with Crippen LogP contribution in [-0.4, -0.2) is 18.6 Å². The smallest absolute Gasteiger partial charge is 0.141 e. The third kappa shape index (κ3) is 4.03. The molecule has 1 N–H and O–H groups in total. The van der Waals surface area contributed by atoms with E-state index in [2.05, 4.69) is 16.4 Å². The summed E-state index contributed by atoms with van der Waals surface area (Å²) in [7, 11) is 1.66. The molecule has 1 heterocycles. The number of hydrogen-bond donors (Lipinski definition) is 1. The average molecular weight is 274 g/mol. The van der Waals surface area contributed by atoms with Crippen LogP contribution in [0.15, 0.2) is 42.7 Å². The Morgan fingerprint density at radius 2 is 2.15 bits per heavy atom. The van der Waals surface area contributed by atoms with Gasteiger partial charge in [0.15, 0.2) is 0 Å². The summed E-state index contributed by atoms with van der Waals surface area (Å²) in [4.78, 5) is 3.86. The molecule has 2 aromatic rings. The number of nitrogens with one attached hydrogen (secondary N) is 1. The van der Waals surface area contributed by atoms with Crippen LogP contribution in [0.2, 0.25) is 0 Å². The first kappa shape index (κ1) is 14.5. The fraction of sp³-hybridized carbons (Fsp3) is 0.312. The highest BCUT2D eigenvalue weighted by Gasteiger charge is 2.06. The minimum absolute atomic E-state index is 0.0730. The molecule has 0 aliphatic rings. The maximum absolute atomic E-state index is 13.1. The monoisotopic (exact) mass is 274 g/mol. The Labute approximate surface area is 118 Å². The topological polar surface area (TPSA) is 34.1 Å². The van der Waals surface area contributed by atoms with Crippen molar-refractivity contribution in [1.29, 1.82) is 0 Å². The van der Waals surface area contributed by atoms with Crippen LogP contribution in [-0.2, 0) is 6.42 Å². The number of ether oxygens (including phenoxy) is 1. The summed E-state index contributed by atoms with van der Waals surface area (Å²) in [6.45, 7) is 2.81. The normalized spacial score (nSPS) is 12.2. The molecule has 0 fully saturated rings. The molecule has 0 saturated carbocycles. The largest absolute Gasteiger partial charge is 0.497 e. The first-order chi connectivity index (χ1) is 9.69. The summed E-state index contributed by atoms with van der Waals surface area (Å²) < 4.78 is 18.3. The lowest BCUT2D eigenvalue weighted by Gasteiger charge is -2.14. The Morgan fingerprint density at radius 1 is 1.30 bits per heavy atom. The second-order valence-electron chi connectivity index (χ2n) is 4.71. The van der Waals surface area contributed by atoms with Gasteiger partial charge in [0, 0.05) is 12.2 Å². The highest BCUT2D eigenvalue weighted by atomic mass is 19.1. The molecular formula is C16H19FN2O. The fourth-order valence-electron chi connectivity index (χ4n) is 2.04. The number of methoxy groups -OCH3 is 1. The summed E-state index contributed by atoms with van der Waals surface area (Å²) in [6, 6.07) is 9.58. The molecule has 1 atom stereocenters. The van der Waals surface area contributed by atoms with Gasteiger partial charge in [-0.3, -0.25) is 4.98 Å². The van der Waals surface area contributed by atoms with Crippen LogP contribution in [0, 0.1) is 5.82 Å². The molecule has 0 aliphatic heterocycles. The molecule has 4 heteroatoms. The van der Waals surface area contributed by atoms with Crippen molar-refractivity contribution in [3.05, 3.63) is 59.7 Å². The van der Waals surface area contributed by atoms with Crippen LogP contribution in [0.4, 0.5) is 4.39 Å². The summed E-state index contributed by atoms with van der Waals surface area (Å²) in [5, 5.41) is 3.36. The zero-order valence-electron chi connectivity index (χ0n) is 11.8. The van der Waals surface area contributed by atoms with Crippen molar-refractivity contribution in [3.63, 3.8) is 0 Å². The van der Waals surface area contributed by atoms with E-state index in [9.17, 15) is 4.39 Å². The Hall–Kier alpha value is -1.94. The molecule has 1 unspecified atom stereocenters. The number of hydrogen-bond acceptors (Lipinski definition) is 3. The minimum atomic E-state index is -0.302. The van der Waals surface area contributed by atoms with Crippen molar-refractivity contribution in [2.24, 2.45) is 0 Å². The molecule has 0 radical (unpaired) electrons. The quantitative estimate of drug-likeness (QED) is 0.878. The second-order valence-corrected chi connectivity index (χ2v) is 4.71. The third-order valence-corrected chi connectivity index (χ3v) is 3.22. The zero-order valence-corrected chi connectivity index (χ0v) is 11.8. The molecule has 0 saturated heterocycles. The van der Waals surface area contributed by atoms with Crippen LogP contribution < -0.4 is 10.1 Å².